The minimum atomic E-state index is -1.11. The van der Waals surface area contributed by atoms with Gasteiger partial charge in [-0.2, -0.15) is 0 Å². The van der Waals surface area contributed by atoms with E-state index in [1.165, 1.54) is 7.11 Å². The van der Waals surface area contributed by atoms with Crippen LogP contribution in [0.1, 0.15) is 18.4 Å². The quantitative estimate of drug-likeness (QED) is 0.718. The molecule has 0 aliphatic carbocycles. The Balaban J connectivity index is 2.53. The Morgan fingerprint density at radius 2 is 1.85 bits per heavy atom. The van der Waals surface area contributed by atoms with Crippen LogP contribution >= 0.6 is 0 Å². The number of carboxylic acids is 1. The molecule has 1 aromatic rings. The van der Waals surface area contributed by atoms with E-state index < -0.39 is 23.9 Å². The highest BCUT2D eigenvalue weighted by atomic mass is 16.5. The SMILES string of the molecule is COC(=O)CCC(=O)N[C@@H](Cc1ccccc1)C(=O)O. The number of carboxylic acid groups (broad SMARTS) is 1. The number of ether oxygens (including phenoxy) is 1. The number of hydrogen-bond donors (Lipinski definition) is 2. The third-order valence-electron chi connectivity index (χ3n) is 2.70. The first-order valence-electron chi connectivity index (χ1n) is 6.16. The summed E-state index contributed by atoms with van der Waals surface area (Å²) in [7, 11) is 1.23. The van der Waals surface area contributed by atoms with Crippen LogP contribution < -0.4 is 5.32 Å². The molecule has 1 rings (SSSR count). The topological polar surface area (TPSA) is 92.7 Å². The molecule has 1 atom stereocenters. The van der Waals surface area contributed by atoms with Crippen LogP contribution in [0.4, 0.5) is 0 Å². The Labute approximate surface area is 116 Å². The molecule has 0 heterocycles. The molecular formula is C14H17NO5. The lowest BCUT2D eigenvalue weighted by Crippen LogP contribution is -2.42. The van der Waals surface area contributed by atoms with Crippen molar-refractivity contribution in [3.05, 3.63) is 35.9 Å². The molecule has 0 aliphatic heterocycles. The van der Waals surface area contributed by atoms with Crippen LogP contribution in [0.5, 0.6) is 0 Å². The number of esters is 1. The van der Waals surface area contributed by atoms with Crippen LogP contribution in [0, 0.1) is 0 Å². The molecule has 2 N–H and O–H groups in total. The van der Waals surface area contributed by atoms with E-state index in [4.69, 9.17) is 5.11 Å². The zero-order valence-electron chi connectivity index (χ0n) is 11.2. The summed E-state index contributed by atoms with van der Waals surface area (Å²) < 4.78 is 4.41. The fourth-order valence-corrected chi connectivity index (χ4v) is 1.63. The summed E-state index contributed by atoms with van der Waals surface area (Å²) in [6.07, 6.45) is 0.0331. The molecule has 0 radical (unpaired) electrons. The van der Waals surface area contributed by atoms with Crippen molar-refractivity contribution in [1.29, 1.82) is 0 Å². The molecule has 0 unspecified atom stereocenters. The monoisotopic (exact) mass is 279 g/mol. The molecule has 0 saturated heterocycles. The van der Waals surface area contributed by atoms with E-state index >= 15 is 0 Å². The molecule has 20 heavy (non-hydrogen) atoms. The number of nitrogens with one attached hydrogen (secondary N) is 1. The van der Waals surface area contributed by atoms with Crippen LogP contribution in [0.25, 0.3) is 0 Å². The molecule has 0 aliphatic rings. The second-order valence-electron chi connectivity index (χ2n) is 4.22. The van der Waals surface area contributed by atoms with Crippen molar-refractivity contribution in [2.45, 2.75) is 25.3 Å². The highest BCUT2D eigenvalue weighted by molar-refractivity contribution is 5.85. The first-order valence-corrected chi connectivity index (χ1v) is 6.16. The van der Waals surface area contributed by atoms with Gasteiger partial charge in [0.1, 0.15) is 6.04 Å². The molecule has 1 amide bonds. The van der Waals surface area contributed by atoms with Crippen molar-refractivity contribution in [3.8, 4) is 0 Å². The molecule has 6 nitrogen and oxygen atoms in total. The summed E-state index contributed by atoms with van der Waals surface area (Å²) >= 11 is 0. The Morgan fingerprint density at radius 1 is 1.20 bits per heavy atom. The molecule has 1 aromatic carbocycles. The van der Waals surface area contributed by atoms with Crippen molar-refractivity contribution < 1.29 is 24.2 Å². The van der Waals surface area contributed by atoms with Crippen molar-refractivity contribution in [3.63, 3.8) is 0 Å². The van der Waals surface area contributed by atoms with Gasteiger partial charge in [0.15, 0.2) is 0 Å². The van der Waals surface area contributed by atoms with Crippen molar-refractivity contribution >= 4 is 17.8 Å². The third kappa shape index (κ3) is 5.51. The van der Waals surface area contributed by atoms with E-state index in [1.807, 2.05) is 6.07 Å². The second-order valence-corrected chi connectivity index (χ2v) is 4.22. The van der Waals surface area contributed by atoms with E-state index in [1.54, 1.807) is 24.3 Å². The number of hydrogen-bond acceptors (Lipinski definition) is 4. The minimum Gasteiger partial charge on any atom is -0.480 e. The Kier molecular flexibility index (Phi) is 6.22. The molecule has 108 valence electrons. The number of carbonyl (C=O) groups is 3. The molecule has 0 fully saturated rings. The smallest absolute Gasteiger partial charge is 0.326 e. The van der Waals surface area contributed by atoms with Gasteiger partial charge in [0.25, 0.3) is 0 Å². The van der Waals surface area contributed by atoms with Gasteiger partial charge in [-0.25, -0.2) is 4.79 Å². The van der Waals surface area contributed by atoms with E-state index in [-0.39, 0.29) is 19.3 Å². The molecule has 6 heteroatoms. The lowest BCUT2D eigenvalue weighted by Gasteiger charge is -2.14. The van der Waals surface area contributed by atoms with E-state index in [0.717, 1.165) is 5.56 Å². The average molecular weight is 279 g/mol. The van der Waals surface area contributed by atoms with Gasteiger partial charge in [-0.05, 0) is 5.56 Å². The van der Waals surface area contributed by atoms with Crippen LogP contribution in [0.2, 0.25) is 0 Å². The summed E-state index contributed by atoms with van der Waals surface area (Å²) in [6, 6.07) is 7.99. The maximum absolute atomic E-state index is 11.6. The summed E-state index contributed by atoms with van der Waals surface area (Å²) in [5, 5.41) is 11.5. The van der Waals surface area contributed by atoms with Gasteiger partial charge in [0.05, 0.1) is 13.5 Å². The lowest BCUT2D eigenvalue weighted by molar-refractivity contribution is -0.143. The number of amides is 1. The van der Waals surface area contributed by atoms with Gasteiger partial charge >= 0.3 is 11.9 Å². The molecule has 0 saturated carbocycles. The molecule has 0 aromatic heterocycles. The normalized spacial score (nSPS) is 11.4. The fourth-order valence-electron chi connectivity index (χ4n) is 1.63. The van der Waals surface area contributed by atoms with E-state index in [0.29, 0.717) is 0 Å². The third-order valence-corrected chi connectivity index (χ3v) is 2.70. The standard InChI is InChI=1S/C14H17NO5/c1-20-13(17)8-7-12(16)15-11(14(18)19)9-10-5-3-2-4-6-10/h2-6,11H,7-9H2,1H3,(H,15,16)(H,18,19)/t11-/m0/s1. The van der Waals surface area contributed by atoms with Gasteiger partial charge in [-0.15, -0.1) is 0 Å². The van der Waals surface area contributed by atoms with Gasteiger partial charge < -0.3 is 15.2 Å². The summed E-state index contributed by atoms with van der Waals surface area (Å²) in [5.41, 5.74) is 0.813. The van der Waals surface area contributed by atoms with Crippen LogP contribution in [0.15, 0.2) is 30.3 Å². The average Bonchev–Trinajstić information content (AvgIpc) is 2.45. The highest BCUT2D eigenvalue weighted by Crippen LogP contribution is 2.04. The van der Waals surface area contributed by atoms with Crippen LogP contribution in [0.3, 0.4) is 0 Å². The lowest BCUT2D eigenvalue weighted by atomic mass is 10.1. The van der Waals surface area contributed by atoms with E-state index in [9.17, 15) is 14.4 Å². The predicted molar refractivity (Wildman–Crippen MR) is 71.0 cm³/mol. The minimum absolute atomic E-state index is 0.0694. The Hall–Kier alpha value is -2.37. The van der Waals surface area contributed by atoms with E-state index in [2.05, 4.69) is 10.1 Å². The molecule has 0 spiro atoms. The number of aliphatic carboxylic acids is 1. The highest BCUT2D eigenvalue weighted by Gasteiger charge is 2.20. The van der Waals surface area contributed by atoms with Crippen LogP contribution in [-0.4, -0.2) is 36.1 Å². The summed E-state index contributed by atoms with van der Waals surface area (Å²) in [6.45, 7) is 0. The number of rotatable bonds is 7. The number of benzene rings is 1. The Bertz CT molecular complexity index is 472. The fraction of sp³-hybridized carbons (Fsp3) is 0.357. The summed E-state index contributed by atoms with van der Waals surface area (Å²) in [5.74, 6) is -2.10. The zero-order valence-corrected chi connectivity index (χ0v) is 11.2. The first kappa shape index (κ1) is 15.7. The van der Waals surface area contributed by atoms with Crippen molar-refractivity contribution in [2.75, 3.05) is 7.11 Å². The second kappa shape index (κ2) is 7.93. The van der Waals surface area contributed by atoms with Crippen LogP contribution in [-0.2, 0) is 25.5 Å². The zero-order chi connectivity index (χ0) is 15.0. The van der Waals surface area contributed by atoms with Crippen molar-refractivity contribution in [2.24, 2.45) is 0 Å². The van der Waals surface area contributed by atoms with Gasteiger partial charge in [-0.3, -0.25) is 9.59 Å². The van der Waals surface area contributed by atoms with Crippen molar-refractivity contribution in [1.82, 2.24) is 5.32 Å². The maximum Gasteiger partial charge on any atom is 0.326 e. The summed E-state index contributed by atoms with van der Waals surface area (Å²) in [4.78, 5) is 33.6. The molecular weight excluding hydrogens is 262 g/mol. The van der Waals surface area contributed by atoms with Gasteiger partial charge in [0, 0.05) is 12.8 Å². The Morgan fingerprint density at radius 3 is 2.40 bits per heavy atom. The van der Waals surface area contributed by atoms with Gasteiger partial charge in [0.2, 0.25) is 5.91 Å². The largest absolute Gasteiger partial charge is 0.480 e. The first-order chi connectivity index (χ1) is 9.52. The number of methoxy groups -OCH3 is 1. The molecule has 0 bridgehead atoms. The van der Waals surface area contributed by atoms with Gasteiger partial charge in [-0.1, -0.05) is 30.3 Å². The predicted octanol–water partition coefficient (Wildman–Crippen LogP) is 0.752. The maximum atomic E-state index is 11.6. The number of carbonyl (C=O) groups excluding carboxylic acids is 2.